The minimum atomic E-state index is -4.44. The van der Waals surface area contributed by atoms with Crippen LogP contribution in [-0.4, -0.2) is 40.7 Å². The van der Waals surface area contributed by atoms with E-state index in [1.807, 2.05) is 13.8 Å². The van der Waals surface area contributed by atoms with Gasteiger partial charge in [-0.2, -0.15) is 18.2 Å². The third-order valence-corrected chi connectivity index (χ3v) is 5.42. The van der Waals surface area contributed by atoms with Gasteiger partial charge in [0.2, 0.25) is 17.6 Å². The quantitative estimate of drug-likeness (QED) is 0.475. The van der Waals surface area contributed by atoms with Gasteiger partial charge in [-0.3, -0.25) is 4.79 Å². The number of methoxy groups -OCH3 is 1. The van der Waals surface area contributed by atoms with Crippen molar-refractivity contribution in [3.63, 3.8) is 0 Å². The molecule has 1 aliphatic rings. The van der Waals surface area contributed by atoms with Crippen molar-refractivity contribution in [1.29, 1.82) is 0 Å². The fourth-order valence-electron chi connectivity index (χ4n) is 3.83. The molecule has 2 heterocycles. The molecule has 1 fully saturated rings. The van der Waals surface area contributed by atoms with Gasteiger partial charge in [0.1, 0.15) is 0 Å². The third kappa shape index (κ3) is 5.16. The number of carbonyl (C=O) groups excluding carboxylic acids is 1. The number of aromatic nitrogens is 2. The van der Waals surface area contributed by atoms with Crippen LogP contribution in [0.1, 0.15) is 43.2 Å². The summed E-state index contributed by atoms with van der Waals surface area (Å²) in [7, 11) is 1.54. The molecular weight excluding hydrogens is 451 g/mol. The Morgan fingerprint density at radius 1 is 1.18 bits per heavy atom. The molecular formula is C24H24F3N3O4. The maximum atomic E-state index is 13.0. The average Bonchev–Trinajstić information content (AvgIpc) is 3.41. The van der Waals surface area contributed by atoms with E-state index in [0.29, 0.717) is 34.3 Å². The normalized spacial score (nSPS) is 16.4. The monoisotopic (exact) mass is 475 g/mol. The molecule has 1 atom stereocenters. The minimum Gasteiger partial charge on any atom is -0.493 e. The van der Waals surface area contributed by atoms with Crippen LogP contribution < -0.4 is 9.47 Å². The summed E-state index contributed by atoms with van der Waals surface area (Å²) in [6.45, 7) is 4.19. The number of hydrogen-bond donors (Lipinski definition) is 0. The number of benzene rings is 2. The molecule has 0 aliphatic carbocycles. The van der Waals surface area contributed by atoms with Crippen molar-refractivity contribution in [2.24, 2.45) is 0 Å². The summed E-state index contributed by atoms with van der Waals surface area (Å²) in [5, 5.41) is 4.03. The summed E-state index contributed by atoms with van der Waals surface area (Å²) in [6, 6.07) is 10.3. The number of ether oxygens (including phenoxy) is 2. The number of amides is 1. The number of hydrogen-bond acceptors (Lipinski definition) is 6. The molecule has 34 heavy (non-hydrogen) atoms. The van der Waals surface area contributed by atoms with E-state index in [4.69, 9.17) is 14.0 Å². The summed E-state index contributed by atoms with van der Waals surface area (Å²) >= 11 is 0. The smallest absolute Gasteiger partial charge is 0.416 e. The number of carbonyl (C=O) groups is 1. The predicted molar refractivity (Wildman–Crippen MR) is 116 cm³/mol. The van der Waals surface area contributed by atoms with Crippen molar-refractivity contribution >= 4 is 5.91 Å². The third-order valence-electron chi connectivity index (χ3n) is 5.42. The second-order valence-corrected chi connectivity index (χ2v) is 8.36. The Morgan fingerprint density at radius 3 is 2.68 bits per heavy atom. The van der Waals surface area contributed by atoms with Crippen LogP contribution in [0.5, 0.6) is 11.5 Å². The zero-order valence-corrected chi connectivity index (χ0v) is 18.9. The summed E-state index contributed by atoms with van der Waals surface area (Å²) in [5.74, 6) is 1.24. The van der Waals surface area contributed by atoms with Gasteiger partial charge in [-0.1, -0.05) is 17.3 Å². The van der Waals surface area contributed by atoms with Crippen molar-refractivity contribution in [3.8, 4) is 22.9 Å². The van der Waals surface area contributed by atoms with Crippen LogP contribution in [0, 0.1) is 0 Å². The molecule has 1 unspecified atom stereocenters. The lowest BCUT2D eigenvalue weighted by Gasteiger charge is -2.17. The topological polar surface area (TPSA) is 77.7 Å². The Kier molecular flexibility index (Phi) is 6.49. The van der Waals surface area contributed by atoms with Crippen molar-refractivity contribution in [2.75, 3.05) is 13.7 Å². The molecule has 1 aromatic heterocycles. The number of rotatable bonds is 7. The van der Waals surface area contributed by atoms with Crippen LogP contribution in [0.3, 0.4) is 0 Å². The number of alkyl halides is 3. The first-order valence-electron chi connectivity index (χ1n) is 10.8. The van der Waals surface area contributed by atoms with Crippen LogP contribution in [0.25, 0.3) is 11.4 Å². The average molecular weight is 475 g/mol. The number of nitrogens with zero attached hydrogens (tertiary/aromatic N) is 3. The van der Waals surface area contributed by atoms with E-state index in [0.717, 1.165) is 12.1 Å². The zero-order valence-electron chi connectivity index (χ0n) is 18.9. The summed E-state index contributed by atoms with van der Waals surface area (Å²) in [6.07, 6.45) is -4.31. The van der Waals surface area contributed by atoms with Gasteiger partial charge in [0.05, 0.1) is 24.7 Å². The molecule has 0 saturated carbocycles. The molecule has 10 heteroatoms. The minimum absolute atomic E-state index is 0.0182. The van der Waals surface area contributed by atoms with E-state index < -0.39 is 11.7 Å². The zero-order chi connectivity index (χ0) is 24.5. The Hall–Kier alpha value is -3.56. The fourth-order valence-corrected chi connectivity index (χ4v) is 3.83. The Balaban J connectivity index is 1.47. The van der Waals surface area contributed by atoms with E-state index in [2.05, 4.69) is 10.1 Å². The second kappa shape index (κ2) is 9.36. The lowest BCUT2D eigenvalue weighted by molar-refractivity contribution is -0.137. The van der Waals surface area contributed by atoms with Gasteiger partial charge in [0.25, 0.3) is 0 Å². The lowest BCUT2D eigenvalue weighted by atomic mass is 10.1. The Labute approximate surface area is 194 Å². The van der Waals surface area contributed by atoms with Crippen LogP contribution in [-0.2, 0) is 17.5 Å². The molecule has 180 valence electrons. The molecule has 1 amide bonds. The summed E-state index contributed by atoms with van der Waals surface area (Å²) < 4.78 is 55.5. The van der Waals surface area contributed by atoms with Gasteiger partial charge in [0, 0.05) is 25.1 Å². The summed E-state index contributed by atoms with van der Waals surface area (Å²) in [5.41, 5.74) is 0.328. The number of likely N-dealkylation sites (tertiary alicyclic amines) is 1. The maximum absolute atomic E-state index is 13.0. The van der Waals surface area contributed by atoms with Crippen molar-refractivity contribution in [2.45, 2.75) is 45.0 Å². The van der Waals surface area contributed by atoms with Crippen LogP contribution >= 0.6 is 0 Å². The molecule has 1 saturated heterocycles. The predicted octanol–water partition coefficient (Wildman–Crippen LogP) is 5.07. The van der Waals surface area contributed by atoms with E-state index in [-0.39, 0.29) is 37.4 Å². The van der Waals surface area contributed by atoms with Gasteiger partial charge in [-0.05, 0) is 49.7 Å². The highest BCUT2D eigenvalue weighted by atomic mass is 19.4. The van der Waals surface area contributed by atoms with Gasteiger partial charge in [-0.25, -0.2) is 0 Å². The fraction of sp³-hybridized carbons (Fsp3) is 0.375. The van der Waals surface area contributed by atoms with Crippen LogP contribution in [0.4, 0.5) is 13.2 Å². The lowest BCUT2D eigenvalue weighted by Crippen LogP contribution is -2.24. The Morgan fingerprint density at radius 2 is 1.97 bits per heavy atom. The molecule has 2 aromatic carbocycles. The molecule has 0 radical (unpaired) electrons. The van der Waals surface area contributed by atoms with Crippen molar-refractivity contribution < 1.29 is 32.0 Å². The highest BCUT2D eigenvalue weighted by molar-refractivity contribution is 5.79. The summed E-state index contributed by atoms with van der Waals surface area (Å²) in [4.78, 5) is 18.5. The van der Waals surface area contributed by atoms with Crippen LogP contribution in [0.15, 0.2) is 47.0 Å². The van der Waals surface area contributed by atoms with Gasteiger partial charge in [-0.15, -0.1) is 0 Å². The second-order valence-electron chi connectivity index (χ2n) is 8.36. The van der Waals surface area contributed by atoms with Crippen molar-refractivity contribution in [1.82, 2.24) is 15.0 Å². The van der Waals surface area contributed by atoms with Gasteiger partial charge in [0.15, 0.2) is 11.5 Å². The molecule has 3 aromatic rings. The largest absolute Gasteiger partial charge is 0.493 e. The SMILES string of the molecule is COc1cc(-c2noc(C3CC(=O)N(Cc4cccc(C(F)(F)F)c4)C3)n2)ccc1OC(C)C. The first-order chi connectivity index (χ1) is 16.1. The maximum Gasteiger partial charge on any atom is 0.416 e. The highest BCUT2D eigenvalue weighted by Gasteiger charge is 2.35. The van der Waals surface area contributed by atoms with E-state index in [1.165, 1.54) is 18.1 Å². The highest BCUT2D eigenvalue weighted by Crippen LogP contribution is 2.35. The molecule has 0 spiro atoms. The molecule has 1 aliphatic heterocycles. The van der Waals surface area contributed by atoms with E-state index >= 15 is 0 Å². The van der Waals surface area contributed by atoms with Crippen molar-refractivity contribution in [3.05, 3.63) is 59.5 Å². The molecule has 7 nitrogen and oxygen atoms in total. The molecule has 0 N–H and O–H groups in total. The Bertz CT molecular complexity index is 1180. The number of halogens is 3. The van der Waals surface area contributed by atoms with E-state index in [9.17, 15) is 18.0 Å². The first-order valence-corrected chi connectivity index (χ1v) is 10.8. The van der Waals surface area contributed by atoms with Crippen LogP contribution in [0.2, 0.25) is 0 Å². The van der Waals surface area contributed by atoms with E-state index in [1.54, 1.807) is 24.3 Å². The van der Waals surface area contributed by atoms with Gasteiger partial charge >= 0.3 is 6.18 Å². The first kappa shape index (κ1) is 23.6. The van der Waals surface area contributed by atoms with Gasteiger partial charge < -0.3 is 18.9 Å². The standard InChI is InChI=1S/C24H24F3N3O4/c1-14(2)33-19-8-7-16(10-20(19)32-3)22-28-23(34-29-22)17-11-21(31)30(13-17)12-15-5-4-6-18(9-15)24(25,26)27/h4-10,14,17H,11-13H2,1-3H3. The molecule has 4 rings (SSSR count). The molecule has 0 bridgehead atoms.